The van der Waals surface area contributed by atoms with Crippen LogP contribution in [-0.2, 0) is 0 Å². The first kappa shape index (κ1) is 12.1. The van der Waals surface area contributed by atoms with E-state index in [9.17, 15) is 0 Å². The Balaban J connectivity index is 2.05. The summed E-state index contributed by atoms with van der Waals surface area (Å²) in [7, 11) is 1.65. The van der Waals surface area contributed by atoms with Gasteiger partial charge in [-0.1, -0.05) is 13.8 Å². The topological polar surface area (TPSA) is 38.3 Å². The minimum Gasteiger partial charge on any atom is -0.478 e. The number of aromatic nitrogens is 2. The number of piperidine rings is 1. The number of hydrogen-bond acceptors (Lipinski definition) is 4. The van der Waals surface area contributed by atoms with Crippen molar-refractivity contribution in [3.8, 4) is 5.88 Å². The van der Waals surface area contributed by atoms with E-state index < -0.39 is 0 Å². The van der Waals surface area contributed by atoms with E-state index in [4.69, 9.17) is 4.74 Å². The average molecular weight is 235 g/mol. The SMILES string of the molecule is COc1nccnc1N1CCC(C(C)C)CC1. The third-order valence-corrected chi connectivity index (χ3v) is 3.62. The highest BCUT2D eigenvalue weighted by Gasteiger charge is 2.24. The second-order valence-electron chi connectivity index (χ2n) is 4.96. The molecule has 1 aliphatic rings. The molecule has 17 heavy (non-hydrogen) atoms. The first-order chi connectivity index (χ1) is 8.22. The third-order valence-electron chi connectivity index (χ3n) is 3.62. The van der Waals surface area contributed by atoms with Gasteiger partial charge in [-0.15, -0.1) is 0 Å². The Bertz CT molecular complexity index is 359. The third kappa shape index (κ3) is 2.68. The van der Waals surface area contributed by atoms with Crippen LogP contribution in [0.5, 0.6) is 5.88 Å². The summed E-state index contributed by atoms with van der Waals surface area (Å²) in [5, 5.41) is 0. The van der Waals surface area contributed by atoms with E-state index in [1.165, 1.54) is 12.8 Å². The summed E-state index contributed by atoms with van der Waals surface area (Å²) in [4.78, 5) is 10.9. The van der Waals surface area contributed by atoms with E-state index in [-0.39, 0.29) is 0 Å². The van der Waals surface area contributed by atoms with Crippen molar-refractivity contribution in [1.29, 1.82) is 0 Å². The van der Waals surface area contributed by atoms with E-state index in [0.29, 0.717) is 5.88 Å². The predicted octanol–water partition coefficient (Wildman–Crippen LogP) is 2.36. The fourth-order valence-electron chi connectivity index (χ4n) is 2.46. The maximum atomic E-state index is 5.26. The molecule has 0 aliphatic carbocycles. The van der Waals surface area contributed by atoms with Crippen molar-refractivity contribution in [2.75, 3.05) is 25.1 Å². The molecule has 4 heteroatoms. The Hall–Kier alpha value is -1.32. The zero-order valence-corrected chi connectivity index (χ0v) is 10.9. The molecule has 1 aliphatic heterocycles. The van der Waals surface area contributed by atoms with Crippen molar-refractivity contribution in [1.82, 2.24) is 9.97 Å². The zero-order chi connectivity index (χ0) is 12.3. The molecule has 0 atom stereocenters. The van der Waals surface area contributed by atoms with Crippen LogP contribution in [0.1, 0.15) is 26.7 Å². The van der Waals surface area contributed by atoms with E-state index >= 15 is 0 Å². The summed E-state index contributed by atoms with van der Waals surface area (Å²) in [6.07, 6.45) is 5.87. The minimum atomic E-state index is 0.635. The van der Waals surface area contributed by atoms with Crippen molar-refractivity contribution in [2.45, 2.75) is 26.7 Å². The summed E-state index contributed by atoms with van der Waals surface area (Å²) >= 11 is 0. The summed E-state index contributed by atoms with van der Waals surface area (Å²) in [5.74, 6) is 3.14. The molecule has 0 spiro atoms. The van der Waals surface area contributed by atoms with Crippen LogP contribution in [0.4, 0.5) is 5.82 Å². The molecular weight excluding hydrogens is 214 g/mol. The summed E-state index contributed by atoms with van der Waals surface area (Å²) in [5.41, 5.74) is 0. The molecule has 0 amide bonds. The Morgan fingerprint density at radius 2 is 1.88 bits per heavy atom. The molecule has 0 radical (unpaired) electrons. The Morgan fingerprint density at radius 1 is 1.24 bits per heavy atom. The lowest BCUT2D eigenvalue weighted by atomic mass is 9.87. The number of methoxy groups -OCH3 is 1. The van der Waals surface area contributed by atoms with Gasteiger partial charge in [0.1, 0.15) is 0 Å². The van der Waals surface area contributed by atoms with Gasteiger partial charge in [0, 0.05) is 25.5 Å². The van der Waals surface area contributed by atoms with Gasteiger partial charge in [-0.3, -0.25) is 0 Å². The summed E-state index contributed by atoms with van der Waals surface area (Å²) in [6, 6.07) is 0. The van der Waals surface area contributed by atoms with Gasteiger partial charge in [-0.25, -0.2) is 9.97 Å². The molecular formula is C13H21N3O. The van der Waals surface area contributed by atoms with Gasteiger partial charge in [-0.2, -0.15) is 0 Å². The number of hydrogen-bond donors (Lipinski definition) is 0. The van der Waals surface area contributed by atoms with Gasteiger partial charge in [0.2, 0.25) is 0 Å². The van der Waals surface area contributed by atoms with Gasteiger partial charge in [-0.05, 0) is 24.7 Å². The average Bonchev–Trinajstić information content (AvgIpc) is 2.39. The minimum absolute atomic E-state index is 0.635. The second-order valence-corrected chi connectivity index (χ2v) is 4.96. The van der Waals surface area contributed by atoms with Crippen LogP contribution in [0.2, 0.25) is 0 Å². The largest absolute Gasteiger partial charge is 0.478 e. The lowest BCUT2D eigenvalue weighted by molar-refractivity contribution is 0.308. The van der Waals surface area contributed by atoms with Crippen molar-refractivity contribution in [3.63, 3.8) is 0 Å². The van der Waals surface area contributed by atoms with Crippen LogP contribution in [0, 0.1) is 11.8 Å². The fraction of sp³-hybridized carbons (Fsp3) is 0.692. The van der Waals surface area contributed by atoms with E-state index in [1.807, 2.05) is 0 Å². The van der Waals surface area contributed by atoms with Crippen LogP contribution in [-0.4, -0.2) is 30.2 Å². The summed E-state index contributed by atoms with van der Waals surface area (Å²) < 4.78 is 5.26. The van der Waals surface area contributed by atoms with Gasteiger partial charge >= 0.3 is 0 Å². The Kier molecular flexibility index (Phi) is 3.82. The number of nitrogens with zero attached hydrogens (tertiary/aromatic N) is 3. The molecule has 1 aromatic rings. The highest BCUT2D eigenvalue weighted by molar-refractivity contribution is 5.47. The number of anilines is 1. The zero-order valence-electron chi connectivity index (χ0n) is 10.9. The fourth-order valence-corrected chi connectivity index (χ4v) is 2.46. The summed E-state index contributed by atoms with van der Waals surface area (Å²) in [6.45, 7) is 6.72. The van der Waals surface area contributed by atoms with Gasteiger partial charge in [0.15, 0.2) is 5.82 Å². The highest BCUT2D eigenvalue weighted by atomic mass is 16.5. The second kappa shape index (κ2) is 5.34. The van der Waals surface area contributed by atoms with Crippen LogP contribution in [0.3, 0.4) is 0 Å². The molecule has 1 aromatic heterocycles. The molecule has 1 saturated heterocycles. The van der Waals surface area contributed by atoms with Crippen molar-refractivity contribution in [3.05, 3.63) is 12.4 Å². The van der Waals surface area contributed by atoms with Crippen molar-refractivity contribution in [2.24, 2.45) is 11.8 Å². The maximum absolute atomic E-state index is 5.26. The first-order valence-electron chi connectivity index (χ1n) is 6.32. The molecule has 0 aromatic carbocycles. The standard InChI is InChI=1S/C13H21N3O/c1-10(2)11-4-8-16(9-5-11)12-13(17-3)15-7-6-14-12/h6-7,10-11H,4-5,8-9H2,1-3H3. The van der Waals surface area contributed by atoms with Gasteiger partial charge in [0.05, 0.1) is 7.11 Å². The highest BCUT2D eigenvalue weighted by Crippen LogP contribution is 2.30. The van der Waals surface area contributed by atoms with E-state index in [1.54, 1.807) is 19.5 Å². The molecule has 1 fully saturated rings. The maximum Gasteiger partial charge on any atom is 0.257 e. The van der Waals surface area contributed by atoms with Crippen LogP contribution in [0.25, 0.3) is 0 Å². The molecule has 0 N–H and O–H groups in total. The molecule has 2 rings (SSSR count). The lowest BCUT2D eigenvalue weighted by Gasteiger charge is -2.34. The smallest absolute Gasteiger partial charge is 0.257 e. The van der Waals surface area contributed by atoms with Gasteiger partial charge in [0.25, 0.3) is 5.88 Å². The van der Waals surface area contributed by atoms with E-state index in [2.05, 4.69) is 28.7 Å². The monoisotopic (exact) mass is 235 g/mol. The number of rotatable bonds is 3. The van der Waals surface area contributed by atoms with Gasteiger partial charge < -0.3 is 9.64 Å². The van der Waals surface area contributed by atoms with Crippen molar-refractivity contribution >= 4 is 5.82 Å². The molecule has 0 saturated carbocycles. The molecule has 2 heterocycles. The lowest BCUT2D eigenvalue weighted by Crippen LogP contribution is -2.36. The van der Waals surface area contributed by atoms with Crippen molar-refractivity contribution < 1.29 is 4.74 Å². The Labute approximate surface area is 103 Å². The molecule has 0 bridgehead atoms. The van der Waals surface area contributed by atoms with Crippen LogP contribution in [0.15, 0.2) is 12.4 Å². The molecule has 94 valence electrons. The van der Waals surface area contributed by atoms with E-state index in [0.717, 1.165) is 30.7 Å². The molecule has 4 nitrogen and oxygen atoms in total. The predicted molar refractivity (Wildman–Crippen MR) is 68.4 cm³/mol. The normalized spacial score (nSPS) is 17.5. The Morgan fingerprint density at radius 3 is 2.47 bits per heavy atom. The first-order valence-corrected chi connectivity index (χ1v) is 6.32. The van der Waals surface area contributed by atoms with Crippen LogP contribution < -0.4 is 9.64 Å². The molecule has 0 unspecified atom stereocenters. The van der Waals surface area contributed by atoms with Crippen LogP contribution >= 0.6 is 0 Å². The number of ether oxygens (including phenoxy) is 1. The quantitative estimate of drug-likeness (QED) is 0.806.